The van der Waals surface area contributed by atoms with Crippen molar-refractivity contribution in [1.82, 2.24) is 9.73 Å². The van der Waals surface area contributed by atoms with Crippen LogP contribution < -0.4 is 4.83 Å². The van der Waals surface area contributed by atoms with Gasteiger partial charge in [0.25, 0.3) is 11.8 Å². The average Bonchev–Trinajstić information content (AvgIpc) is 2.58. The molecule has 0 saturated carbocycles. The molecule has 0 atom stereocenters. The van der Waals surface area contributed by atoms with E-state index in [1.807, 2.05) is 4.83 Å². The first-order valence-corrected chi connectivity index (χ1v) is 7.23. The Hall–Kier alpha value is -2.22. The number of fused-ring (bicyclic) bond motifs is 1. The summed E-state index contributed by atoms with van der Waals surface area (Å²) in [5, 5.41) is 3.43. The van der Waals surface area contributed by atoms with Gasteiger partial charge < -0.3 is 0 Å². The second kappa shape index (κ2) is 4.81. The van der Waals surface area contributed by atoms with E-state index in [0.717, 1.165) is 17.4 Å². The van der Waals surface area contributed by atoms with Gasteiger partial charge in [-0.05, 0) is 12.1 Å². The number of amides is 2. The monoisotopic (exact) mass is 281 g/mol. The van der Waals surface area contributed by atoms with Gasteiger partial charge in [-0.3, -0.25) is 14.5 Å². The van der Waals surface area contributed by atoms with Crippen molar-refractivity contribution in [1.29, 1.82) is 0 Å². The highest BCUT2D eigenvalue weighted by molar-refractivity contribution is 7.88. The first kappa shape index (κ1) is 13.2. The Morgan fingerprint density at radius 2 is 1.74 bits per heavy atom. The summed E-state index contributed by atoms with van der Waals surface area (Å²) in [6.07, 6.45) is 2.11. The molecule has 1 aromatic carbocycles. The van der Waals surface area contributed by atoms with Crippen LogP contribution in [0.1, 0.15) is 20.7 Å². The third-order valence-corrected chi connectivity index (χ3v) is 2.89. The lowest BCUT2D eigenvalue weighted by atomic mass is 10.1. The molecule has 0 bridgehead atoms. The number of rotatable bonds is 4. The molecule has 2 amide bonds. The lowest BCUT2D eigenvalue weighted by molar-refractivity contribution is 0.0679. The summed E-state index contributed by atoms with van der Waals surface area (Å²) in [4.78, 5) is 26.7. The van der Waals surface area contributed by atoms with Crippen molar-refractivity contribution in [2.45, 2.75) is 0 Å². The Morgan fingerprint density at radius 3 is 2.21 bits per heavy atom. The summed E-state index contributed by atoms with van der Waals surface area (Å²) in [5.41, 5.74) is 0.689. The summed E-state index contributed by atoms with van der Waals surface area (Å²) in [6, 6.07) is 6.49. The summed E-state index contributed by atoms with van der Waals surface area (Å²) in [5.74, 6) is -0.821. The predicted octanol–water partition coefficient (Wildman–Crippen LogP) is -0.182. The molecule has 0 aromatic heterocycles. The molecule has 0 radical (unpaired) electrons. The number of nitrogens with zero attached hydrogens (tertiary/aromatic N) is 2. The molecule has 1 N–H and O–H groups in total. The number of carbonyl (C=O) groups is 2. The Bertz CT molecular complexity index is 631. The molecule has 0 fully saturated rings. The van der Waals surface area contributed by atoms with Gasteiger partial charge in [0.1, 0.15) is 0 Å². The maximum Gasteiger partial charge on any atom is 0.261 e. The van der Waals surface area contributed by atoms with Gasteiger partial charge in [0.2, 0.25) is 10.0 Å². The number of hydrazone groups is 1. The zero-order valence-electron chi connectivity index (χ0n) is 10.0. The molecule has 1 aliphatic heterocycles. The van der Waals surface area contributed by atoms with E-state index in [1.54, 1.807) is 24.3 Å². The highest BCUT2D eigenvalue weighted by Gasteiger charge is 2.34. The SMILES string of the molecule is CS(=O)(=O)NN=CCN1C(=O)c2ccccc2C1=O. The zero-order valence-corrected chi connectivity index (χ0v) is 10.8. The molecule has 2 rings (SSSR count). The van der Waals surface area contributed by atoms with Gasteiger partial charge in [-0.1, -0.05) is 12.1 Å². The minimum Gasteiger partial charge on any atom is -0.269 e. The molecular weight excluding hydrogens is 270 g/mol. The molecule has 100 valence electrons. The van der Waals surface area contributed by atoms with Gasteiger partial charge >= 0.3 is 0 Å². The molecule has 1 heterocycles. The number of benzene rings is 1. The topological polar surface area (TPSA) is 95.9 Å². The first-order valence-electron chi connectivity index (χ1n) is 5.33. The van der Waals surface area contributed by atoms with Crippen molar-refractivity contribution in [3.63, 3.8) is 0 Å². The summed E-state index contributed by atoms with van der Waals surface area (Å²) >= 11 is 0. The van der Waals surface area contributed by atoms with Crippen molar-refractivity contribution < 1.29 is 18.0 Å². The number of carbonyl (C=O) groups excluding carboxylic acids is 2. The molecule has 1 aromatic rings. The van der Waals surface area contributed by atoms with Gasteiger partial charge in [0.15, 0.2) is 0 Å². The van der Waals surface area contributed by atoms with E-state index in [4.69, 9.17) is 0 Å². The number of nitrogens with one attached hydrogen (secondary N) is 1. The highest BCUT2D eigenvalue weighted by Crippen LogP contribution is 2.21. The van der Waals surface area contributed by atoms with Crippen molar-refractivity contribution in [3.05, 3.63) is 35.4 Å². The van der Waals surface area contributed by atoms with E-state index in [9.17, 15) is 18.0 Å². The van der Waals surface area contributed by atoms with Crippen LogP contribution in [0.5, 0.6) is 0 Å². The van der Waals surface area contributed by atoms with Crippen molar-refractivity contribution in [2.24, 2.45) is 5.10 Å². The van der Waals surface area contributed by atoms with Crippen LogP contribution in [0.25, 0.3) is 0 Å². The Labute approximate surface area is 110 Å². The highest BCUT2D eigenvalue weighted by atomic mass is 32.2. The first-order chi connectivity index (χ1) is 8.90. The number of hydrogen-bond acceptors (Lipinski definition) is 5. The fourth-order valence-electron chi connectivity index (χ4n) is 1.66. The van der Waals surface area contributed by atoms with Gasteiger partial charge in [0, 0.05) is 6.21 Å². The van der Waals surface area contributed by atoms with Crippen molar-refractivity contribution in [2.75, 3.05) is 12.8 Å². The average molecular weight is 281 g/mol. The standard InChI is InChI=1S/C11H11N3O4S/c1-19(17,18)13-12-6-7-14-10(15)8-4-2-3-5-9(8)11(14)16/h2-6,13H,7H2,1H3. The molecule has 0 unspecified atom stereocenters. The maximum absolute atomic E-state index is 11.9. The lowest BCUT2D eigenvalue weighted by Crippen LogP contribution is -2.32. The molecule has 19 heavy (non-hydrogen) atoms. The molecule has 1 aliphatic rings. The van der Waals surface area contributed by atoms with Crippen molar-refractivity contribution >= 4 is 28.1 Å². The minimum atomic E-state index is -3.44. The number of hydrogen-bond donors (Lipinski definition) is 1. The summed E-state index contributed by atoms with van der Waals surface area (Å²) < 4.78 is 21.5. The van der Waals surface area contributed by atoms with E-state index in [-0.39, 0.29) is 6.54 Å². The van der Waals surface area contributed by atoms with Crippen LogP contribution in [0.2, 0.25) is 0 Å². The fourth-order valence-corrected chi connectivity index (χ4v) is 1.93. The smallest absolute Gasteiger partial charge is 0.261 e. The molecule has 7 nitrogen and oxygen atoms in total. The van der Waals surface area contributed by atoms with Gasteiger partial charge in [-0.25, -0.2) is 13.2 Å². The number of imide groups is 1. The van der Waals surface area contributed by atoms with Gasteiger partial charge in [-0.2, -0.15) is 5.10 Å². The Balaban J connectivity index is 2.09. The molecule has 0 spiro atoms. The largest absolute Gasteiger partial charge is 0.269 e. The zero-order chi connectivity index (χ0) is 14.0. The van der Waals surface area contributed by atoms with Crippen LogP contribution in [0, 0.1) is 0 Å². The maximum atomic E-state index is 11.9. The van der Waals surface area contributed by atoms with E-state index < -0.39 is 21.8 Å². The molecule has 0 aliphatic carbocycles. The van der Waals surface area contributed by atoms with E-state index in [0.29, 0.717) is 11.1 Å². The van der Waals surface area contributed by atoms with Crippen LogP contribution >= 0.6 is 0 Å². The molecule has 8 heteroatoms. The van der Waals surface area contributed by atoms with Gasteiger partial charge in [0.05, 0.1) is 23.9 Å². The quantitative estimate of drug-likeness (QED) is 0.470. The van der Waals surface area contributed by atoms with Crippen LogP contribution in [-0.2, 0) is 10.0 Å². The second-order valence-corrected chi connectivity index (χ2v) is 5.67. The summed E-state index contributed by atoms with van der Waals surface area (Å²) in [6.45, 7) is -0.0884. The molecular formula is C11H11N3O4S. The minimum absolute atomic E-state index is 0.0884. The van der Waals surface area contributed by atoms with E-state index in [1.165, 1.54) is 0 Å². The Morgan fingerprint density at radius 1 is 1.21 bits per heavy atom. The van der Waals surface area contributed by atoms with E-state index >= 15 is 0 Å². The summed E-state index contributed by atoms with van der Waals surface area (Å²) in [7, 11) is -3.44. The molecule has 0 saturated heterocycles. The lowest BCUT2D eigenvalue weighted by Gasteiger charge is -2.09. The van der Waals surface area contributed by atoms with Crippen LogP contribution in [-0.4, -0.2) is 44.1 Å². The third kappa shape index (κ3) is 2.79. The van der Waals surface area contributed by atoms with Crippen LogP contribution in [0.3, 0.4) is 0 Å². The van der Waals surface area contributed by atoms with Crippen LogP contribution in [0.15, 0.2) is 29.4 Å². The third-order valence-electron chi connectivity index (χ3n) is 2.45. The predicted molar refractivity (Wildman–Crippen MR) is 68.3 cm³/mol. The van der Waals surface area contributed by atoms with Crippen LogP contribution in [0.4, 0.5) is 0 Å². The second-order valence-electron chi connectivity index (χ2n) is 3.94. The number of sulfonamides is 1. The van der Waals surface area contributed by atoms with Crippen molar-refractivity contribution in [3.8, 4) is 0 Å². The normalized spacial score (nSPS) is 15.1. The van der Waals surface area contributed by atoms with Gasteiger partial charge in [-0.15, -0.1) is 0 Å². The Kier molecular flexibility index (Phi) is 3.34. The van der Waals surface area contributed by atoms with E-state index in [2.05, 4.69) is 5.10 Å². The fraction of sp³-hybridized carbons (Fsp3) is 0.182.